The van der Waals surface area contributed by atoms with Crippen LogP contribution in [0.3, 0.4) is 0 Å². The fourth-order valence-electron chi connectivity index (χ4n) is 0.693. The molecule has 1 amide bonds. The van der Waals surface area contributed by atoms with Crippen LogP contribution in [0.15, 0.2) is 24.5 Å². The molecule has 0 fully saturated rings. The van der Waals surface area contributed by atoms with E-state index in [-0.39, 0.29) is 5.17 Å². The molecule has 0 aliphatic carbocycles. The molecule has 0 spiro atoms. The number of hydrogen-bond donors (Lipinski definition) is 4. The molecule has 1 aromatic rings. The lowest BCUT2D eigenvalue weighted by atomic mass is 10.3. The molecule has 6 nitrogen and oxygen atoms in total. The van der Waals surface area contributed by atoms with Gasteiger partial charge in [-0.3, -0.25) is 9.78 Å². The molecule has 0 bridgehead atoms. The number of carbonyl (C=O) groups excluding carboxylic acids is 1. The van der Waals surface area contributed by atoms with Gasteiger partial charge in [0.05, 0.1) is 6.54 Å². The molecular formula is C8H12N4O2S2. The smallest absolute Gasteiger partial charge is 0.275 e. The van der Waals surface area contributed by atoms with Crippen molar-refractivity contribution in [2.75, 3.05) is 0 Å². The first-order chi connectivity index (χ1) is 7.52. The molecule has 0 aliphatic rings. The number of primary amides is 1. The molecule has 0 atom stereocenters. The summed E-state index contributed by atoms with van der Waals surface area (Å²) in [5, 5.41) is -0.654. The normalized spacial score (nSPS) is 8.56. The predicted octanol–water partition coefficient (Wildman–Crippen LogP) is 0.341. The van der Waals surface area contributed by atoms with Crippen molar-refractivity contribution < 1.29 is 9.63 Å². The average molecular weight is 260 g/mol. The fraction of sp³-hybridized carbons (Fsp3) is 0.125. The van der Waals surface area contributed by atoms with Gasteiger partial charge in [0.25, 0.3) is 10.4 Å². The highest BCUT2D eigenvalue weighted by molar-refractivity contribution is 7.96. The summed E-state index contributed by atoms with van der Waals surface area (Å²) in [5.74, 6) is 0. The topological polar surface area (TPSA) is 103 Å². The van der Waals surface area contributed by atoms with E-state index in [4.69, 9.17) is 10.5 Å². The SMILES string of the molecule is NC(=O)S.NC(=S)ONCc1cccnc1. The quantitative estimate of drug-likeness (QED) is 0.355. The molecule has 0 saturated carbocycles. The third-order valence-corrected chi connectivity index (χ3v) is 1.26. The van der Waals surface area contributed by atoms with Gasteiger partial charge in [-0.2, -0.15) is 0 Å². The van der Waals surface area contributed by atoms with Crippen LogP contribution < -0.4 is 16.9 Å². The zero-order chi connectivity index (χ0) is 12.4. The number of pyridine rings is 1. The second-order valence-corrected chi connectivity index (χ2v) is 3.28. The van der Waals surface area contributed by atoms with Gasteiger partial charge in [-0.05, 0) is 23.8 Å². The van der Waals surface area contributed by atoms with Crippen LogP contribution in [0.25, 0.3) is 0 Å². The average Bonchev–Trinajstić information content (AvgIpc) is 2.18. The van der Waals surface area contributed by atoms with Crippen LogP contribution in [0, 0.1) is 0 Å². The summed E-state index contributed by atoms with van der Waals surface area (Å²) in [7, 11) is 0. The Morgan fingerprint density at radius 2 is 2.25 bits per heavy atom. The summed E-state index contributed by atoms with van der Waals surface area (Å²) in [5.41, 5.74) is 13.0. The highest BCUT2D eigenvalue weighted by atomic mass is 32.1. The first-order valence-electron chi connectivity index (χ1n) is 4.08. The van der Waals surface area contributed by atoms with E-state index in [0.29, 0.717) is 6.54 Å². The van der Waals surface area contributed by atoms with E-state index in [1.165, 1.54) is 0 Å². The van der Waals surface area contributed by atoms with Crippen molar-refractivity contribution in [1.29, 1.82) is 0 Å². The van der Waals surface area contributed by atoms with E-state index in [0.717, 1.165) is 5.56 Å². The van der Waals surface area contributed by atoms with E-state index in [1.54, 1.807) is 12.4 Å². The monoisotopic (exact) mass is 260 g/mol. The molecule has 0 radical (unpaired) electrons. The van der Waals surface area contributed by atoms with Gasteiger partial charge in [0.2, 0.25) is 0 Å². The lowest BCUT2D eigenvalue weighted by Crippen LogP contribution is -2.23. The van der Waals surface area contributed by atoms with Crippen molar-refractivity contribution in [3.05, 3.63) is 30.1 Å². The van der Waals surface area contributed by atoms with Crippen LogP contribution in [0.4, 0.5) is 4.79 Å². The summed E-state index contributed by atoms with van der Waals surface area (Å²) in [6.07, 6.45) is 3.44. The molecule has 1 rings (SSSR count). The van der Waals surface area contributed by atoms with Gasteiger partial charge in [0, 0.05) is 12.4 Å². The van der Waals surface area contributed by atoms with E-state index >= 15 is 0 Å². The molecule has 5 N–H and O–H groups in total. The van der Waals surface area contributed by atoms with Gasteiger partial charge in [-0.15, -0.1) is 5.48 Å². The number of rotatable bonds is 3. The number of nitrogens with two attached hydrogens (primary N) is 2. The number of aromatic nitrogens is 1. The molecule has 0 saturated heterocycles. The van der Waals surface area contributed by atoms with E-state index in [2.05, 4.69) is 45.9 Å². The van der Waals surface area contributed by atoms with Crippen molar-refractivity contribution in [2.45, 2.75) is 6.54 Å². The molecule has 0 unspecified atom stereocenters. The van der Waals surface area contributed by atoms with Crippen LogP contribution >= 0.6 is 24.8 Å². The molecule has 88 valence electrons. The summed E-state index contributed by atoms with van der Waals surface area (Å²) in [4.78, 5) is 17.7. The fourth-order valence-corrected chi connectivity index (χ4v) is 0.752. The largest absolute Gasteiger partial charge is 0.378 e. The molecule has 0 aromatic carbocycles. The maximum absolute atomic E-state index is 9.09. The van der Waals surface area contributed by atoms with E-state index < -0.39 is 5.24 Å². The van der Waals surface area contributed by atoms with Crippen LogP contribution in [0.5, 0.6) is 0 Å². The lowest BCUT2D eigenvalue weighted by Gasteiger charge is -2.03. The number of hydrogen-bond acceptors (Lipinski definition) is 5. The summed E-state index contributed by atoms with van der Waals surface area (Å²) in [6, 6.07) is 3.76. The first-order valence-corrected chi connectivity index (χ1v) is 4.94. The highest BCUT2D eigenvalue weighted by Gasteiger charge is 1.91. The highest BCUT2D eigenvalue weighted by Crippen LogP contribution is 1.93. The van der Waals surface area contributed by atoms with Gasteiger partial charge >= 0.3 is 0 Å². The van der Waals surface area contributed by atoms with Gasteiger partial charge < -0.3 is 16.3 Å². The Bertz CT molecular complexity index is 330. The zero-order valence-electron chi connectivity index (χ0n) is 8.29. The Kier molecular flexibility index (Phi) is 8.12. The molecule has 0 aliphatic heterocycles. The van der Waals surface area contributed by atoms with Crippen LogP contribution in [0.2, 0.25) is 0 Å². The standard InChI is InChI=1S/C7H9N3OS.CH3NOS/c8-7(12)11-10-5-6-2-1-3-9-4-6;2-1(3)4/h1-4,10H,5H2,(H2,8,12);(H3,2,3,4). The van der Waals surface area contributed by atoms with Crippen molar-refractivity contribution in [2.24, 2.45) is 11.5 Å². The van der Waals surface area contributed by atoms with Crippen LogP contribution in [-0.2, 0) is 11.4 Å². The van der Waals surface area contributed by atoms with E-state index in [9.17, 15) is 0 Å². The van der Waals surface area contributed by atoms with E-state index in [1.807, 2.05) is 12.1 Å². The summed E-state index contributed by atoms with van der Waals surface area (Å²) >= 11 is 7.59. The Hall–Kier alpha value is -1.38. The number of carbonyl (C=O) groups is 1. The van der Waals surface area contributed by atoms with Gasteiger partial charge in [0.15, 0.2) is 0 Å². The molecular weight excluding hydrogens is 248 g/mol. The number of thiocarbonyl (C=S) groups is 1. The molecule has 8 heteroatoms. The van der Waals surface area contributed by atoms with Gasteiger partial charge in [-0.1, -0.05) is 18.7 Å². The number of nitrogens with one attached hydrogen (secondary N) is 1. The Balaban J connectivity index is 0.000000487. The lowest BCUT2D eigenvalue weighted by molar-refractivity contribution is 0.179. The Labute approximate surface area is 104 Å². The molecule has 16 heavy (non-hydrogen) atoms. The third-order valence-electron chi connectivity index (χ3n) is 1.17. The molecule has 1 aromatic heterocycles. The second-order valence-electron chi connectivity index (χ2n) is 2.44. The predicted molar refractivity (Wildman–Crippen MR) is 67.5 cm³/mol. The number of hydroxylamine groups is 1. The summed E-state index contributed by atoms with van der Waals surface area (Å²) in [6.45, 7) is 0.533. The third kappa shape index (κ3) is 10.7. The number of nitrogens with zero attached hydrogens (tertiary/aromatic N) is 1. The minimum Gasteiger partial charge on any atom is -0.378 e. The summed E-state index contributed by atoms with van der Waals surface area (Å²) < 4.78 is 0. The van der Waals surface area contributed by atoms with Crippen LogP contribution in [-0.4, -0.2) is 15.4 Å². The van der Waals surface area contributed by atoms with Gasteiger partial charge in [-0.25, -0.2) is 0 Å². The van der Waals surface area contributed by atoms with Crippen molar-refractivity contribution in [3.8, 4) is 0 Å². The Morgan fingerprint density at radius 1 is 1.62 bits per heavy atom. The first kappa shape index (κ1) is 14.6. The maximum atomic E-state index is 9.09. The van der Waals surface area contributed by atoms with Crippen LogP contribution in [0.1, 0.15) is 5.56 Å². The van der Waals surface area contributed by atoms with Gasteiger partial charge in [0.1, 0.15) is 0 Å². The van der Waals surface area contributed by atoms with Crippen molar-refractivity contribution in [1.82, 2.24) is 10.5 Å². The minimum absolute atomic E-state index is 0.0149. The van der Waals surface area contributed by atoms with Crippen molar-refractivity contribution in [3.63, 3.8) is 0 Å². The zero-order valence-corrected chi connectivity index (χ0v) is 10.0. The molecule has 1 heterocycles. The second kappa shape index (κ2) is 8.89. The number of amides is 1. The van der Waals surface area contributed by atoms with Crippen molar-refractivity contribution >= 4 is 35.3 Å². The Morgan fingerprint density at radius 3 is 2.69 bits per heavy atom. The minimum atomic E-state index is -0.639. The maximum Gasteiger partial charge on any atom is 0.275 e. The number of thiol groups is 1.